The Bertz CT molecular complexity index is 1650. The highest BCUT2D eigenvalue weighted by molar-refractivity contribution is 5.64. The van der Waals surface area contributed by atoms with Crippen LogP contribution in [0.4, 0.5) is 52.7 Å². The van der Waals surface area contributed by atoms with E-state index in [-0.39, 0.29) is 24.3 Å². The second kappa shape index (κ2) is 12.8. The molecule has 246 valence electrons. The van der Waals surface area contributed by atoms with Gasteiger partial charge in [-0.05, 0) is 47.4 Å². The third-order valence-electron chi connectivity index (χ3n) is 6.34. The van der Waals surface area contributed by atoms with Crippen LogP contribution < -0.4 is 9.47 Å². The van der Waals surface area contributed by atoms with E-state index >= 15 is 0 Å². The van der Waals surface area contributed by atoms with E-state index in [0.717, 1.165) is 36.1 Å². The molecule has 4 rings (SSSR count). The van der Waals surface area contributed by atoms with Crippen LogP contribution in [0.2, 0.25) is 0 Å². The fraction of sp³-hybridized carbons (Fsp3) is 0.226. The van der Waals surface area contributed by atoms with Crippen molar-refractivity contribution in [3.63, 3.8) is 0 Å². The van der Waals surface area contributed by atoms with Crippen LogP contribution in [0.1, 0.15) is 35.6 Å². The second-order valence-electron chi connectivity index (χ2n) is 9.73. The van der Waals surface area contributed by atoms with Crippen LogP contribution in [0.3, 0.4) is 0 Å². The number of ether oxygens (including phenoxy) is 3. The molecule has 0 radical (unpaired) electrons. The topological polar surface area (TPSA) is 27.7 Å². The monoisotopic (exact) mass is 668 g/mol. The molecular weight excluding hydrogens is 648 g/mol. The average molecular weight is 668 g/mol. The van der Waals surface area contributed by atoms with Crippen molar-refractivity contribution < 1.29 is 66.9 Å². The molecule has 0 fully saturated rings. The van der Waals surface area contributed by atoms with Gasteiger partial charge >= 0.3 is 24.7 Å². The molecule has 4 aromatic rings. The molecule has 0 aliphatic heterocycles. The Morgan fingerprint density at radius 3 is 1.54 bits per heavy atom. The molecule has 0 saturated heterocycles. The minimum Gasteiger partial charge on any atom is -0.429 e. The molecule has 0 atom stereocenters. The highest BCUT2D eigenvalue weighted by Crippen LogP contribution is 2.42. The summed E-state index contributed by atoms with van der Waals surface area (Å²) in [6.07, 6.45) is -18.7. The van der Waals surface area contributed by atoms with Crippen molar-refractivity contribution in [2.45, 2.75) is 44.5 Å². The zero-order valence-electron chi connectivity index (χ0n) is 23.2. The minimum atomic E-state index is -6.03. The Balaban J connectivity index is 1.49. The van der Waals surface area contributed by atoms with Crippen LogP contribution in [-0.4, -0.2) is 6.36 Å². The van der Waals surface area contributed by atoms with E-state index < -0.39 is 70.3 Å². The summed E-state index contributed by atoms with van der Waals surface area (Å²) in [6.45, 7) is 2.03. The number of benzene rings is 4. The summed E-state index contributed by atoms with van der Waals surface area (Å²) in [7, 11) is 0. The van der Waals surface area contributed by atoms with Gasteiger partial charge in [0, 0.05) is 18.2 Å². The Labute approximate surface area is 252 Å². The van der Waals surface area contributed by atoms with Gasteiger partial charge in [0.1, 0.15) is 40.1 Å². The molecule has 3 nitrogen and oxygen atoms in total. The highest BCUT2D eigenvalue weighted by atomic mass is 19.4. The van der Waals surface area contributed by atoms with Gasteiger partial charge in [-0.2, -0.15) is 26.3 Å². The molecule has 0 bridgehead atoms. The molecule has 4 aromatic carbocycles. The zero-order chi connectivity index (χ0) is 34.1. The number of aryl methyl sites for hydroxylation is 1. The largest absolute Gasteiger partial charge is 0.527 e. The lowest BCUT2D eigenvalue weighted by molar-refractivity contribution is -0.432. The van der Waals surface area contributed by atoms with E-state index in [4.69, 9.17) is 0 Å². The Morgan fingerprint density at radius 2 is 1.04 bits per heavy atom. The van der Waals surface area contributed by atoms with Gasteiger partial charge in [0.15, 0.2) is 0 Å². The first-order valence-corrected chi connectivity index (χ1v) is 13.1. The predicted molar refractivity (Wildman–Crippen MR) is 139 cm³/mol. The van der Waals surface area contributed by atoms with Crippen molar-refractivity contribution in [1.29, 1.82) is 0 Å². The Kier molecular flexibility index (Phi) is 9.57. The maximum atomic E-state index is 14.8. The van der Waals surface area contributed by atoms with Crippen LogP contribution >= 0.6 is 0 Å². The van der Waals surface area contributed by atoms with E-state index in [1.54, 1.807) is 0 Å². The third kappa shape index (κ3) is 8.05. The van der Waals surface area contributed by atoms with E-state index in [0.29, 0.717) is 11.6 Å². The van der Waals surface area contributed by atoms with Crippen LogP contribution in [-0.2, 0) is 29.5 Å². The van der Waals surface area contributed by atoms with Crippen molar-refractivity contribution in [1.82, 2.24) is 0 Å². The summed E-state index contributed by atoms with van der Waals surface area (Å²) in [5, 5.41) is 0. The molecule has 0 saturated carbocycles. The summed E-state index contributed by atoms with van der Waals surface area (Å²) >= 11 is 0. The smallest absolute Gasteiger partial charge is 0.429 e. The molecule has 0 unspecified atom stereocenters. The quantitative estimate of drug-likeness (QED) is 0.149. The van der Waals surface area contributed by atoms with Crippen molar-refractivity contribution in [2.24, 2.45) is 0 Å². The fourth-order valence-electron chi connectivity index (χ4n) is 4.30. The zero-order valence-corrected chi connectivity index (χ0v) is 23.2. The van der Waals surface area contributed by atoms with E-state index in [9.17, 15) is 52.7 Å². The van der Waals surface area contributed by atoms with Gasteiger partial charge in [-0.1, -0.05) is 49.7 Å². The number of hydrogen-bond donors (Lipinski definition) is 0. The van der Waals surface area contributed by atoms with Crippen LogP contribution in [0, 0.1) is 17.5 Å². The SMILES string of the molecule is CCCc1ccc(-c2ccc(C(F)(F)Oc3ccc(C(F)(F)Oc4cc(F)c(C(F)(F)OC(F)(F)F)c(F)c4)c(F)c3)cc2)cc1. The first-order valence-electron chi connectivity index (χ1n) is 13.1. The van der Waals surface area contributed by atoms with Crippen molar-refractivity contribution >= 4 is 0 Å². The standard InChI is InChI=1S/C31H20F12O3/c1-2-3-17-4-6-18(7-5-17)19-8-10-20(11-9-19)28(35,36)44-21-12-13-23(24(32)14-21)29(37,38)45-22-15-25(33)27(26(34)16-22)30(39,40)46-31(41,42)43/h4-16H,2-3H2,1H3. The number of halogens is 12. The van der Waals surface area contributed by atoms with Gasteiger partial charge in [-0.25, -0.2) is 17.9 Å². The summed E-state index contributed by atoms with van der Waals surface area (Å²) in [5.74, 6) is -9.28. The van der Waals surface area contributed by atoms with Gasteiger partial charge in [0.25, 0.3) is 0 Å². The molecule has 0 spiro atoms. The van der Waals surface area contributed by atoms with E-state index in [1.165, 1.54) is 12.1 Å². The average Bonchev–Trinajstić information content (AvgIpc) is 2.91. The van der Waals surface area contributed by atoms with Crippen molar-refractivity contribution in [3.05, 3.63) is 119 Å². The molecule has 0 amide bonds. The van der Waals surface area contributed by atoms with Gasteiger partial charge in [-0.3, -0.25) is 0 Å². The normalized spacial score (nSPS) is 12.7. The van der Waals surface area contributed by atoms with Gasteiger partial charge in [0.05, 0.1) is 5.56 Å². The highest BCUT2D eigenvalue weighted by Gasteiger charge is 2.50. The van der Waals surface area contributed by atoms with E-state index in [1.807, 2.05) is 31.2 Å². The number of rotatable bonds is 11. The van der Waals surface area contributed by atoms with Crippen LogP contribution in [0.25, 0.3) is 11.1 Å². The lowest BCUT2D eigenvalue weighted by Gasteiger charge is -2.22. The summed E-state index contributed by atoms with van der Waals surface area (Å²) < 4.78 is 177. The molecule has 0 aliphatic carbocycles. The molecule has 0 N–H and O–H groups in total. The minimum absolute atomic E-state index is 0.145. The number of hydrogen-bond acceptors (Lipinski definition) is 3. The van der Waals surface area contributed by atoms with Crippen LogP contribution in [0.15, 0.2) is 78.9 Å². The maximum Gasteiger partial charge on any atom is 0.527 e. The lowest BCUT2D eigenvalue weighted by Crippen LogP contribution is -2.30. The maximum absolute atomic E-state index is 14.8. The van der Waals surface area contributed by atoms with Gasteiger partial charge in [-0.15, -0.1) is 13.2 Å². The van der Waals surface area contributed by atoms with Gasteiger partial charge in [0.2, 0.25) is 0 Å². The third-order valence-corrected chi connectivity index (χ3v) is 6.34. The molecule has 0 aliphatic rings. The Morgan fingerprint density at radius 1 is 0.543 bits per heavy atom. The van der Waals surface area contributed by atoms with Crippen molar-refractivity contribution in [2.75, 3.05) is 0 Å². The molecule has 15 heteroatoms. The number of alkyl halides is 9. The van der Waals surface area contributed by atoms with Crippen LogP contribution in [0.5, 0.6) is 11.5 Å². The molecule has 46 heavy (non-hydrogen) atoms. The lowest BCUT2D eigenvalue weighted by atomic mass is 10.0. The molecular formula is C31H20F12O3. The van der Waals surface area contributed by atoms with Gasteiger partial charge < -0.3 is 9.47 Å². The first-order chi connectivity index (χ1) is 21.3. The Hall–Kier alpha value is -4.40. The summed E-state index contributed by atoms with van der Waals surface area (Å²) in [6, 6.07) is 12.6. The summed E-state index contributed by atoms with van der Waals surface area (Å²) in [5.41, 5.74) is -2.41. The second-order valence-corrected chi connectivity index (χ2v) is 9.73. The first kappa shape index (κ1) is 34.5. The fourth-order valence-corrected chi connectivity index (χ4v) is 4.30. The molecule has 0 heterocycles. The summed E-state index contributed by atoms with van der Waals surface area (Å²) in [4.78, 5) is 0. The van der Waals surface area contributed by atoms with Crippen molar-refractivity contribution in [3.8, 4) is 22.6 Å². The van der Waals surface area contributed by atoms with E-state index in [2.05, 4.69) is 14.2 Å². The predicted octanol–water partition coefficient (Wildman–Crippen LogP) is 10.6. The molecule has 0 aromatic heterocycles.